The van der Waals surface area contributed by atoms with Crippen LogP contribution in [0.4, 0.5) is 0 Å². The fourth-order valence-electron chi connectivity index (χ4n) is 7.55. The summed E-state index contributed by atoms with van der Waals surface area (Å²) in [6.45, 7) is 0.169. The van der Waals surface area contributed by atoms with Crippen LogP contribution in [0, 0.1) is 0 Å². The van der Waals surface area contributed by atoms with E-state index < -0.39 is 11.9 Å². The zero-order valence-corrected chi connectivity index (χ0v) is 36.3. The standard InChI is InChI=1S/C48H26O4S7/c49-47(51-23-25-11-3-1-4-12-25)37-33-19-27(20-34-40(53)29-15-7-8-16-30(29)41(34)54)57-44(33)39(48(50)52-24-26-13-5-2-6-14-26)38-45-36(59-46(37)38)22-28(58-45)21-35-42(55)31-17-9-10-18-32(31)43(35)56/h1-22H,23-24H2. The van der Waals surface area contributed by atoms with Crippen molar-refractivity contribution in [2.24, 2.45) is 0 Å². The van der Waals surface area contributed by atoms with Crippen molar-refractivity contribution in [1.82, 2.24) is 0 Å². The van der Waals surface area contributed by atoms with Gasteiger partial charge in [-0.05, 0) is 35.4 Å². The van der Waals surface area contributed by atoms with E-state index in [1.165, 1.54) is 34.0 Å². The SMILES string of the molecule is O=C(OCc1ccccc1)c1c2cc(C=C3C(=S)c4ccccc4C3=S)sc2c(C(=O)OCc2ccccc2)c2c1sc1cc(C=C3C(=S)c4ccccc4C3=S)sc12. The maximum absolute atomic E-state index is 14.7. The Morgan fingerprint density at radius 3 is 1.41 bits per heavy atom. The molecule has 10 rings (SSSR count). The molecule has 8 aromatic rings. The quantitative estimate of drug-likeness (QED) is 0.0850. The molecule has 0 aliphatic heterocycles. The second-order valence-corrected chi connectivity index (χ2v) is 18.8. The molecule has 2 aliphatic rings. The molecule has 0 saturated heterocycles. The first-order valence-electron chi connectivity index (χ1n) is 18.4. The molecule has 3 aromatic heterocycles. The third kappa shape index (κ3) is 6.67. The molecule has 284 valence electrons. The number of benzene rings is 5. The van der Waals surface area contributed by atoms with Gasteiger partial charge in [0.15, 0.2) is 0 Å². The monoisotopic (exact) mass is 890 g/mol. The van der Waals surface area contributed by atoms with E-state index in [0.717, 1.165) is 63.7 Å². The van der Waals surface area contributed by atoms with Crippen LogP contribution in [0.15, 0.2) is 132 Å². The summed E-state index contributed by atoms with van der Waals surface area (Å²) in [5.41, 5.74) is 7.85. The highest BCUT2D eigenvalue weighted by molar-refractivity contribution is 7.84. The third-order valence-electron chi connectivity index (χ3n) is 10.3. The van der Waals surface area contributed by atoms with Crippen molar-refractivity contribution in [3.63, 3.8) is 0 Å². The first kappa shape index (κ1) is 38.0. The number of hydrogen-bond donors (Lipinski definition) is 0. The number of allylic oxidation sites excluding steroid dienone is 2. The molecule has 5 aromatic carbocycles. The number of carbonyl (C=O) groups excluding carboxylic acids is 2. The lowest BCUT2D eigenvalue weighted by molar-refractivity contribution is 0.0466. The summed E-state index contributed by atoms with van der Waals surface area (Å²) in [7, 11) is 0. The van der Waals surface area contributed by atoms with Crippen molar-refractivity contribution >= 4 is 156 Å². The largest absolute Gasteiger partial charge is 0.457 e. The normalized spacial score (nSPS) is 13.4. The Hall–Kier alpha value is -5.24. The number of hydrogen-bond acceptors (Lipinski definition) is 11. The van der Waals surface area contributed by atoms with Gasteiger partial charge in [0.2, 0.25) is 0 Å². The van der Waals surface area contributed by atoms with E-state index in [1.807, 2.05) is 127 Å². The Bertz CT molecular complexity index is 3140. The maximum atomic E-state index is 14.7. The van der Waals surface area contributed by atoms with Crippen LogP contribution in [0.25, 0.3) is 41.7 Å². The predicted octanol–water partition coefficient (Wildman–Crippen LogP) is 13.1. The number of thiophene rings is 3. The zero-order chi connectivity index (χ0) is 40.4. The van der Waals surface area contributed by atoms with Gasteiger partial charge in [0.05, 0.1) is 44.7 Å². The second-order valence-electron chi connectivity index (χ2n) is 13.9. The molecule has 11 heteroatoms. The Morgan fingerprint density at radius 1 is 0.492 bits per heavy atom. The van der Waals surface area contributed by atoms with Crippen LogP contribution >= 0.6 is 82.9 Å². The van der Waals surface area contributed by atoms with Crippen LogP contribution in [0.5, 0.6) is 0 Å². The number of fused-ring (bicyclic) bond motifs is 6. The molecule has 0 N–H and O–H groups in total. The van der Waals surface area contributed by atoms with Gasteiger partial charge in [-0.25, -0.2) is 9.59 Å². The van der Waals surface area contributed by atoms with Crippen molar-refractivity contribution in [3.05, 3.63) is 187 Å². The number of carbonyl (C=O) groups is 2. The molecule has 0 fully saturated rings. The van der Waals surface area contributed by atoms with Gasteiger partial charge in [-0.3, -0.25) is 0 Å². The average Bonchev–Trinajstić information content (AvgIpc) is 4.05. The summed E-state index contributed by atoms with van der Waals surface area (Å²) in [6.07, 6.45) is 4.01. The van der Waals surface area contributed by atoms with Crippen molar-refractivity contribution in [3.8, 4) is 0 Å². The second kappa shape index (κ2) is 15.4. The Balaban J connectivity index is 1.17. The molecular weight excluding hydrogens is 865 g/mol. The van der Waals surface area contributed by atoms with Crippen LogP contribution < -0.4 is 0 Å². The lowest BCUT2D eigenvalue weighted by Gasteiger charge is -2.12. The van der Waals surface area contributed by atoms with Gasteiger partial charge in [0.25, 0.3) is 0 Å². The van der Waals surface area contributed by atoms with E-state index in [2.05, 4.69) is 6.07 Å². The average molecular weight is 891 g/mol. The van der Waals surface area contributed by atoms with Crippen LogP contribution in [0.2, 0.25) is 0 Å². The van der Waals surface area contributed by atoms with Crippen molar-refractivity contribution in [2.75, 3.05) is 0 Å². The molecule has 2 aliphatic carbocycles. The Kier molecular flexibility index (Phi) is 9.93. The molecule has 4 nitrogen and oxygen atoms in total. The fourth-order valence-corrected chi connectivity index (χ4v) is 12.8. The van der Waals surface area contributed by atoms with Crippen LogP contribution in [-0.2, 0) is 22.7 Å². The minimum absolute atomic E-state index is 0.0805. The van der Waals surface area contributed by atoms with Gasteiger partial charge >= 0.3 is 11.9 Å². The van der Waals surface area contributed by atoms with Gasteiger partial charge in [0, 0.05) is 58.6 Å². The van der Waals surface area contributed by atoms with E-state index in [0.29, 0.717) is 50.8 Å². The molecule has 0 atom stereocenters. The van der Waals surface area contributed by atoms with E-state index in [9.17, 15) is 9.59 Å². The Morgan fingerprint density at radius 2 is 0.915 bits per heavy atom. The predicted molar refractivity (Wildman–Crippen MR) is 259 cm³/mol. The number of ether oxygens (including phenoxy) is 2. The number of thiocarbonyl (C=S) groups is 4. The lowest BCUT2D eigenvalue weighted by Crippen LogP contribution is -2.10. The van der Waals surface area contributed by atoms with Gasteiger partial charge in [-0.2, -0.15) is 0 Å². The van der Waals surface area contributed by atoms with E-state index >= 15 is 0 Å². The highest BCUT2D eigenvalue weighted by Crippen LogP contribution is 2.49. The summed E-state index contributed by atoms with van der Waals surface area (Å²) >= 11 is 28.0. The van der Waals surface area contributed by atoms with E-state index in [-0.39, 0.29) is 13.2 Å². The third-order valence-corrected chi connectivity index (χ3v) is 15.6. The smallest absolute Gasteiger partial charge is 0.340 e. The molecular formula is C48H26O4S7. The topological polar surface area (TPSA) is 52.6 Å². The minimum atomic E-state index is -0.491. The lowest BCUT2D eigenvalue weighted by atomic mass is 10.0. The number of rotatable bonds is 8. The van der Waals surface area contributed by atoms with Crippen molar-refractivity contribution in [1.29, 1.82) is 0 Å². The molecule has 0 spiro atoms. The summed E-state index contributed by atoms with van der Waals surface area (Å²) in [5, 5.41) is 1.25. The summed E-state index contributed by atoms with van der Waals surface area (Å²) < 4.78 is 15.2. The number of esters is 2. The molecule has 0 saturated carbocycles. The van der Waals surface area contributed by atoms with E-state index in [1.54, 1.807) is 0 Å². The van der Waals surface area contributed by atoms with Crippen molar-refractivity contribution < 1.29 is 19.1 Å². The highest BCUT2D eigenvalue weighted by atomic mass is 32.1. The van der Waals surface area contributed by atoms with Gasteiger partial charge in [0.1, 0.15) is 13.2 Å². The highest BCUT2D eigenvalue weighted by Gasteiger charge is 2.32. The molecule has 0 amide bonds. The molecule has 3 heterocycles. The van der Waals surface area contributed by atoms with Crippen molar-refractivity contribution in [2.45, 2.75) is 13.2 Å². The summed E-state index contributed by atoms with van der Waals surface area (Å²) in [6, 6.07) is 39.0. The summed E-state index contributed by atoms with van der Waals surface area (Å²) in [4.78, 5) is 33.6. The molecule has 59 heavy (non-hydrogen) atoms. The van der Waals surface area contributed by atoms with Crippen LogP contribution in [0.3, 0.4) is 0 Å². The molecule has 0 bridgehead atoms. The zero-order valence-electron chi connectivity index (χ0n) is 30.6. The van der Waals surface area contributed by atoms with Crippen LogP contribution in [-0.4, -0.2) is 31.4 Å². The molecule has 0 unspecified atom stereocenters. The first-order valence-corrected chi connectivity index (χ1v) is 22.5. The first-order chi connectivity index (χ1) is 28.7. The van der Waals surface area contributed by atoms with Gasteiger partial charge in [-0.15, -0.1) is 34.0 Å². The minimum Gasteiger partial charge on any atom is -0.457 e. The van der Waals surface area contributed by atoms with Crippen LogP contribution in [0.1, 0.15) is 63.9 Å². The van der Waals surface area contributed by atoms with Gasteiger partial charge < -0.3 is 9.47 Å². The molecule has 0 radical (unpaired) electrons. The van der Waals surface area contributed by atoms with E-state index in [4.69, 9.17) is 58.3 Å². The van der Waals surface area contributed by atoms with Gasteiger partial charge in [-0.1, -0.05) is 158 Å². The summed E-state index contributed by atoms with van der Waals surface area (Å²) in [5.74, 6) is -0.977. The maximum Gasteiger partial charge on any atom is 0.340 e. The fraction of sp³-hybridized carbons (Fsp3) is 0.0417. The Labute approximate surface area is 372 Å².